The molecule has 0 radical (unpaired) electrons. The maximum Gasteiger partial charge on any atom is 0.341 e. The number of nitrogens with one attached hydrogen (secondary N) is 2. The summed E-state index contributed by atoms with van der Waals surface area (Å²) in [6, 6.07) is 6.21. The molecule has 0 fully saturated rings. The van der Waals surface area contributed by atoms with Crippen LogP contribution in [0.25, 0.3) is 0 Å². The first kappa shape index (κ1) is 20.0. The van der Waals surface area contributed by atoms with Crippen LogP contribution in [0.3, 0.4) is 0 Å². The van der Waals surface area contributed by atoms with Crippen LogP contribution in [0.1, 0.15) is 23.2 Å². The second-order valence-corrected chi connectivity index (χ2v) is 7.95. The van der Waals surface area contributed by atoms with Gasteiger partial charge in [0.1, 0.15) is 0 Å². The van der Waals surface area contributed by atoms with Crippen molar-refractivity contribution >= 4 is 38.7 Å². The third kappa shape index (κ3) is 5.33. The van der Waals surface area contributed by atoms with Gasteiger partial charge >= 0.3 is 5.76 Å². The topological polar surface area (TPSA) is 92.3 Å². The van der Waals surface area contributed by atoms with Gasteiger partial charge in [-0.2, -0.15) is 20.1 Å². The van der Waals surface area contributed by atoms with Crippen LogP contribution in [-0.4, -0.2) is 32.5 Å². The molecular weight excluding hydrogens is 386 g/mol. The molecule has 1 heterocycles. The number of benzene rings is 1. The Kier molecular flexibility index (Phi) is 6.81. The Labute approximate surface area is 153 Å². The van der Waals surface area contributed by atoms with Gasteiger partial charge in [-0.05, 0) is 42.1 Å². The molecule has 0 aliphatic carbocycles. The van der Waals surface area contributed by atoms with Crippen molar-refractivity contribution in [3.05, 3.63) is 46.7 Å². The summed E-state index contributed by atoms with van der Waals surface area (Å²) >= 11 is 1.41. The van der Waals surface area contributed by atoms with Gasteiger partial charge in [-0.25, -0.2) is 8.42 Å². The molecule has 10 heteroatoms. The molecule has 0 unspecified atom stereocenters. The van der Waals surface area contributed by atoms with E-state index in [0.29, 0.717) is 24.2 Å². The molecule has 2 aromatic rings. The number of anilines is 1. The molecule has 6 nitrogen and oxygen atoms in total. The minimum absolute atomic E-state index is 0.140. The standard InChI is InChI=1S/C16H16F2N2O4S2/c17-16(18)26(23,24)13-5-3-12(4-6-13)20-14(21)2-1-8-19-15(22)11-7-9-25-10-11/h3-7,9-10,16H,1-2,8H2,(H,19,22)(H,20,21). The smallest absolute Gasteiger partial charge is 0.341 e. The lowest BCUT2D eigenvalue weighted by atomic mass is 10.2. The maximum atomic E-state index is 12.4. The van der Waals surface area contributed by atoms with Gasteiger partial charge in [0.05, 0.1) is 4.90 Å². The fraction of sp³-hybridized carbons (Fsp3) is 0.250. The summed E-state index contributed by atoms with van der Waals surface area (Å²) in [7, 11) is -4.65. The number of carbonyl (C=O) groups excluding carboxylic acids is 2. The van der Waals surface area contributed by atoms with Gasteiger partial charge in [0.15, 0.2) is 0 Å². The summed E-state index contributed by atoms with van der Waals surface area (Å²) in [6.45, 7) is 0.327. The zero-order chi connectivity index (χ0) is 19.2. The van der Waals surface area contributed by atoms with Crippen LogP contribution in [0.15, 0.2) is 46.0 Å². The molecule has 0 saturated heterocycles. The molecule has 2 amide bonds. The number of amides is 2. The molecule has 0 bridgehead atoms. The van der Waals surface area contributed by atoms with Crippen molar-refractivity contribution < 1.29 is 26.8 Å². The van der Waals surface area contributed by atoms with Crippen LogP contribution in [0.4, 0.5) is 14.5 Å². The molecule has 0 aliphatic rings. The third-order valence-corrected chi connectivity index (χ3v) is 5.43. The summed E-state index contributed by atoms with van der Waals surface area (Å²) < 4.78 is 47.5. The zero-order valence-electron chi connectivity index (χ0n) is 13.4. The van der Waals surface area contributed by atoms with Crippen LogP contribution in [-0.2, 0) is 14.6 Å². The van der Waals surface area contributed by atoms with Crippen molar-refractivity contribution in [2.75, 3.05) is 11.9 Å². The SMILES string of the molecule is O=C(CCCNC(=O)c1ccsc1)Nc1ccc(S(=O)(=O)C(F)F)cc1. The van der Waals surface area contributed by atoms with Gasteiger partial charge in [0.25, 0.3) is 5.91 Å². The largest absolute Gasteiger partial charge is 0.352 e. The Bertz CT molecular complexity index is 851. The Morgan fingerprint density at radius 2 is 1.81 bits per heavy atom. The highest BCUT2D eigenvalue weighted by Gasteiger charge is 2.26. The summed E-state index contributed by atoms with van der Waals surface area (Å²) in [5.74, 6) is -4.03. The van der Waals surface area contributed by atoms with Crippen LogP contribution in [0.2, 0.25) is 0 Å². The normalized spacial score (nSPS) is 11.3. The lowest BCUT2D eigenvalue weighted by Crippen LogP contribution is -2.25. The number of thiophene rings is 1. The van der Waals surface area contributed by atoms with Crippen LogP contribution >= 0.6 is 11.3 Å². The van der Waals surface area contributed by atoms with Gasteiger partial charge in [-0.3, -0.25) is 9.59 Å². The van der Waals surface area contributed by atoms with Crippen LogP contribution < -0.4 is 10.6 Å². The number of hydrogen-bond donors (Lipinski definition) is 2. The molecule has 0 spiro atoms. The highest BCUT2D eigenvalue weighted by molar-refractivity contribution is 7.91. The average molecular weight is 402 g/mol. The first-order chi connectivity index (χ1) is 12.3. The molecule has 140 valence electrons. The summed E-state index contributed by atoms with van der Waals surface area (Å²) in [6.07, 6.45) is 0.556. The van der Waals surface area contributed by atoms with E-state index in [2.05, 4.69) is 10.6 Å². The number of hydrogen-bond acceptors (Lipinski definition) is 5. The number of rotatable bonds is 8. The highest BCUT2D eigenvalue weighted by atomic mass is 32.2. The molecule has 1 aromatic heterocycles. The Balaban J connectivity index is 1.76. The number of alkyl halides is 2. The fourth-order valence-electron chi connectivity index (χ4n) is 2.00. The monoisotopic (exact) mass is 402 g/mol. The average Bonchev–Trinajstić information content (AvgIpc) is 3.13. The van der Waals surface area contributed by atoms with Gasteiger partial charge in [-0.15, -0.1) is 0 Å². The van der Waals surface area contributed by atoms with Crippen molar-refractivity contribution in [1.29, 1.82) is 0 Å². The molecule has 2 N–H and O–H groups in total. The van der Waals surface area contributed by atoms with E-state index in [1.54, 1.807) is 16.8 Å². The van der Waals surface area contributed by atoms with Crippen molar-refractivity contribution in [2.24, 2.45) is 0 Å². The lowest BCUT2D eigenvalue weighted by Gasteiger charge is -2.07. The Hall–Kier alpha value is -2.33. The van der Waals surface area contributed by atoms with Crippen LogP contribution in [0.5, 0.6) is 0 Å². The van der Waals surface area contributed by atoms with Crippen molar-refractivity contribution in [3.8, 4) is 0 Å². The predicted octanol–water partition coefficient (Wildman–Crippen LogP) is 2.89. The van der Waals surface area contributed by atoms with Gasteiger partial charge in [-0.1, -0.05) is 0 Å². The van der Waals surface area contributed by atoms with E-state index >= 15 is 0 Å². The Morgan fingerprint density at radius 1 is 1.12 bits per heavy atom. The number of carbonyl (C=O) groups is 2. The van der Waals surface area contributed by atoms with Crippen molar-refractivity contribution in [1.82, 2.24) is 5.32 Å². The molecule has 0 saturated carbocycles. The minimum Gasteiger partial charge on any atom is -0.352 e. The maximum absolute atomic E-state index is 12.4. The van der Waals surface area contributed by atoms with Gasteiger partial charge < -0.3 is 10.6 Å². The van der Waals surface area contributed by atoms with E-state index in [4.69, 9.17) is 0 Å². The van der Waals surface area contributed by atoms with E-state index in [-0.39, 0.29) is 18.2 Å². The molecular formula is C16H16F2N2O4S2. The fourth-order valence-corrected chi connectivity index (χ4v) is 3.36. The molecule has 0 atom stereocenters. The second kappa shape index (κ2) is 8.86. The first-order valence-corrected chi connectivity index (χ1v) is 10.0. The van der Waals surface area contributed by atoms with E-state index in [1.165, 1.54) is 23.5 Å². The van der Waals surface area contributed by atoms with Crippen LogP contribution in [0, 0.1) is 0 Å². The summed E-state index contributed by atoms with van der Waals surface area (Å²) in [4.78, 5) is 23.0. The number of sulfone groups is 1. The second-order valence-electron chi connectivity index (χ2n) is 5.25. The molecule has 26 heavy (non-hydrogen) atoms. The number of halogens is 2. The van der Waals surface area contributed by atoms with Gasteiger partial charge in [0, 0.05) is 29.6 Å². The van der Waals surface area contributed by atoms with E-state index in [1.807, 2.05) is 0 Å². The summed E-state index contributed by atoms with van der Waals surface area (Å²) in [5.41, 5.74) is 0.865. The quantitative estimate of drug-likeness (QED) is 0.664. The molecule has 0 aliphatic heterocycles. The molecule has 1 aromatic carbocycles. The Morgan fingerprint density at radius 3 is 2.38 bits per heavy atom. The lowest BCUT2D eigenvalue weighted by molar-refractivity contribution is -0.116. The van der Waals surface area contributed by atoms with Crippen molar-refractivity contribution in [2.45, 2.75) is 23.5 Å². The summed E-state index contributed by atoms with van der Waals surface area (Å²) in [5, 5.41) is 8.74. The van der Waals surface area contributed by atoms with E-state index in [9.17, 15) is 26.8 Å². The van der Waals surface area contributed by atoms with Gasteiger partial charge in [0.2, 0.25) is 15.7 Å². The first-order valence-electron chi connectivity index (χ1n) is 7.53. The predicted molar refractivity (Wildman–Crippen MR) is 94.1 cm³/mol. The minimum atomic E-state index is -4.65. The van der Waals surface area contributed by atoms with Crippen molar-refractivity contribution in [3.63, 3.8) is 0 Å². The third-order valence-electron chi connectivity index (χ3n) is 3.35. The van der Waals surface area contributed by atoms with E-state index in [0.717, 1.165) is 12.1 Å². The zero-order valence-corrected chi connectivity index (χ0v) is 15.1. The molecule has 2 rings (SSSR count). The van der Waals surface area contributed by atoms with E-state index < -0.39 is 20.5 Å². The highest BCUT2D eigenvalue weighted by Crippen LogP contribution is 2.20.